The normalized spacial score (nSPS) is 9.60. The van der Waals surface area contributed by atoms with E-state index >= 15 is 0 Å². The highest BCUT2D eigenvalue weighted by molar-refractivity contribution is 6.44. The van der Waals surface area contributed by atoms with E-state index in [2.05, 4.69) is 6.92 Å². The fourth-order valence-electron chi connectivity index (χ4n) is 0.656. The van der Waals surface area contributed by atoms with Crippen molar-refractivity contribution in [3.8, 4) is 0 Å². The SMILES string of the molecule is CCO[SiH](CC)OCC.Cl. The number of hydrogen-bond acceptors (Lipinski definition) is 2. The quantitative estimate of drug-likeness (QED) is 0.606. The van der Waals surface area contributed by atoms with Crippen LogP contribution in [-0.4, -0.2) is 22.5 Å². The monoisotopic (exact) mass is 184 g/mol. The van der Waals surface area contributed by atoms with Crippen LogP contribution in [0.25, 0.3) is 0 Å². The summed E-state index contributed by atoms with van der Waals surface area (Å²) in [6.07, 6.45) is 0. The van der Waals surface area contributed by atoms with Gasteiger partial charge in [0.1, 0.15) is 0 Å². The van der Waals surface area contributed by atoms with Crippen molar-refractivity contribution in [3.05, 3.63) is 0 Å². The van der Waals surface area contributed by atoms with Crippen LogP contribution in [0.1, 0.15) is 20.8 Å². The molecular weight excluding hydrogens is 168 g/mol. The van der Waals surface area contributed by atoms with E-state index in [0.717, 1.165) is 19.3 Å². The van der Waals surface area contributed by atoms with E-state index in [1.807, 2.05) is 13.8 Å². The van der Waals surface area contributed by atoms with Crippen molar-refractivity contribution in [1.29, 1.82) is 0 Å². The Balaban J connectivity index is 0. The van der Waals surface area contributed by atoms with E-state index in [4.69, 9.17) is 8.85 Å². The van der Waals surface area contributed by atoms with Crippen LogP contribution >= 0.6 is 12.4 Å². The maximum Gasteiger partial charge on any atom is 0.321 e. The van der Waals surface area contributed by atoms with Crippen LogP contribution in [0.15, 0.2) is 0 Å². The summed E-state index contributed by atoms with van der Waals surface area (Å²) in [6, 6.07) is 1.07. The number of halogens is 1. The summed E-state index contributed by atoms with van der Waals surface area (Å²) in [4.78, 5) is 0. The Morgan fingerprint density at radius 1 is 1.00 bits per heavy atom. The van der Waals surface area contributed by atoms with Crippen LogP contribution in [0.3, 0.4) is 0 Å². The summed E-state index contributed by atoms with van der Waals surface area (Å²) in [5, 5.41) is 0. The average molecular weight is 185 g/mol. The standard InChI is InChI=1S/C6H16O2Si.ClH/c1-4-7-9(6-3)8-5-2;/h9H,4-6H2,1-3H3;1H. The van der Waals surface area contributed by atoms with Crippen molar-refractivity contribution in [1.82, 2.24) is 0 Å². The van der Waals surface area contributed by atoms with E-state index < -0.39 is 9.28 Å². The van der Waals surface area contributed by atoms with E-state index in [1.165, 1.54) is 0 Å². The van der Waals surface area contributed by atoms with Gasteiger partial charge in [0.05, 0.1) is 0 Å². The minimum Gasteiger partial charge on any atom is -0.397 e. The zero-order valence-electron chi connectivity index (χ0n) is 6.92. The lowest BCUT2D eigenvalue weighted by molar-refractivity contribution is 0.214. The second-order valence-corrected chi connectivity index (χ2v) is 4.09. The van der Waals surface area contributed by atoms with Gasteiger partial charge < -0.3 is 8.85 Å². The minimum atomic E-state index is -1.21. The maximum absolute atomic E-state index is 5.35. The third kappa shape index (κ3) is 6.55. The Bertz CT molecular complexity index is 57.7. The van der Waals surface area contributed by atoms with Crippen molar-refractivity contribution in [2.75, 3.05) is 13.2 Å². The third-order valence-corrected chi connectivity index (χ3v) is 3.12. The zero-order valence-corrected chi connectivity index (χ0v) is 8.89. The van der Waals surface area contributed by atoms with Crippen molar-refractivity contribution in [2.45, 2.75) is 26.8 Å². The van der Waals surface area contributed by atoms with Gasteiger partial charge in [0, 0.05) is 13.2 Å². The van der Waals surface area contributed by atoms with E-state index in [0.29, 0.717) is 0 Å². The fraction of sp³-hybridized carbons (Fsp3) is 1.00. The van der Waals surface area contributed by atoms with E-state index in [-0.39, 0.29) is 12.4 Å². The van der Waals surface area contributed by atoms with E-state index in [9.17, 15) is 0 Å². The molecule has 64 valence electrons. The molecule has 0 saturated heterocycles. The molecular formula is C6H17ClO2Si. The Kier molecular flexibility index (Phi) is 12.3. The molecule has 0 N–H and O–H groups in total. The lowest BCUT2D eigenvalue weighted by Gasteiger charge is -2.11. The molecule has 0 radical (unpaired) electrons. The van der Waals surface area contributed by atoms with Gasteiger partial charge in [-0.25, -0.2) is 0 Å². The molecule has 10 heavy (non-hydrogen) atoms. The van der Waals surface area contributed by atoms with Gasteiger partial charge >= 0.3 is 9.28 Å². The van der Waals surface area contributed by atoms with Crippen molar-refractivity contribution < 1.29 is 8.85 Å². The van der Waals surface area contributed by atoms with Gasteiger partial charge in [-0.1, -0.05) is 6.92 Å². The topological polar surface area (TPSA) is 18.5 Å². The number of hydrogen-bond donors (Lipinski definition) is 0. The highest BCUT2D eigenvalue weighted by Crippen LogP contribution is 1.94. The summed E-state index contributed by atoms with van der Waals surface area (Å²) in [6.45, 7) is 7.72. The lowest BCUT2D eigenvalue weighted by Crippen LogP contribution is -2.21. The molecule has 4 heteroatoms. The largest absolute Gasteiger partial charge is 0.397 e. The highest BCUT2D eigenvalue weighted by atomic mass is 35.5. The van der Waals surface area contributed by atoms with Crippen molar-refractivity contribution in [3.63, 3.8) is 0 Å². The Morgan fingerprint density at radius 2 is 1.40 bits per heavy atom. The molecule has 0 spiro atoms. The Hall–Kier alpha value is 0.427. The smallest absolute Gasteiger partial charge is 0.321 e. The first-order valence-electron chi connectivity index (χ1n) is 3.58. The van der Waals surface area contributed by atoms with Gasteiger partial charge in [-0.05, 0) is 19.9 Å². The molecule has 0 amide bonds. The first kappa shape index (κ1) is 13.0. The Morgan fingerprint density at radius 3 is 1.60 bits per heavy atom. The summed E-state index contributed by atoms with van der Waals surface area (Å²) in [5.41, 5.74) is 0. The fourth-order valence-corrected chi connectivity index (χ4v) is 1.97. The van der Waals surface area contributed by atoms with Crippen LogP contribution in [0.2, 0.25) is 6.04 Å². The first-order valence-corrected chi connectivity index (χ1v) is 5.34. The molecule has 0 fully saturated rings. The number of rotatable bonds is 5. The van der Waals surface area contributed by atoms with Gasteiger partial charge in [0.2, 0.25) is 0 Å². The molecule has 0 unspecified atom stereocenters. The molecule has 0 rings (SSSR count). The molecule has 0 bridgehead atoms. The molecule has 0 aliphatic carbocycles. The molecule has 0 saturated carbocycles. The highest BCUT2D eigenvalue weighted by Gasteiger charge is 2.06. The van der Waals surface area contributed by atoms with Gasteiger partial charge in [-0.15, -0.1) is 12.4 Å². The molecule has 0 heterocycles. The average Bonchev–Trinajstić information content (AvgIpc) is 1.88. The van der Waals surface area contributed by atoms with E-state index in [1.54, 1.807) is 0 Å². The van der Waals surface area contributed by atoms with Crippen LogP contribution in [-0.2, 0) is 8.85 Å². The maximum atomic E-state index is 5.35. The molecule has 0 atom stereocenters. The molecule has 0 aromatic carbocycles. The lowest BCUT2D eigenvalue weighted by atomic mass is 10.9. The van der Waals surface area contributed by atoms with Crippen molar-refractivity contribution in [2.24, 2.45) is 0 Å². The molecule has 0 aliphatic rings. The predicted molar refractivity (Wildman–Crippen MR) is 48.1 cm³/mol. The van der Waals surface area contributed by atoms with Gasteiger partial charge in [0.15, 0.2) is 0 Å². The molecule has 0 aromatic heterocycles. The second-order valence-electron chi connectivity index (χ2n) is 1.75. The molecule has 2 nitrogen and oxygen atoms in total. The predicted octanol–water partition coefficient (Wildman–Crippen LogP) is 1.72. The first-order chi connectivity index (χ1) is 4.35. The van der Waals surface area contributed by atoms with Gasteiger partial charge in [-0.2, -0.15) is 0 Å². The summed E-state index contributed by atoms with van der Waals surface area (Å²) >= 11 is 0. The summed E-state index contributed by atoms with van der Waals surface area (Å²) < 4.78 is 10.7. The minimum absolute atomic E-state index is 0. The summed E-state index contributed by atoms with van der Waals surface area (Å²) in [5.74, 6) is 0. The van der Waals surface area contributed by atoms with Gasteiger partial charge in [0.25, 0.3) is 0 Å². The molecule has 0 aliphatic heterocycles. The zero-order chi connectivity index (χ0) is 7.11. The summed E-state index contributed by atoms with van der Waals surface area (Å²) in [7, 11) is -1.21. The molecule has 0 aromatic rings. The Labute approximate surface area is 71.2 Å². The van der Waals surface area contributed by atoms with Gasteiger partial charge in [-0.3, -0.25) is 0 Å². The van der Waals surface area contributed by atoms with Crippen LogP contribution in [0.4, 0.5) is 0 Å². The van der Waals surface area contributed by atoms with Crippen LogP contribution < -0.4 is 0 Å². The van der Waals surface area contributed by atoms with Crippen LogP contribution in [0, 0.1) is 0 Å². The second kappa shape index (κ2) is 9.43. The van der Waals surface area contributed by atoms with Crippen molar-refractivity contribution >= 4 is 21.7 Å². The third-order valence-electron chi connectivity index (χ3n) is 1.04. The van der Waals surface area contributed by atoms with Crippen LogP contribution in [0.5, 0.6) is 0 Å².